The first-order chi connectivity index (χ1) is 23.9. The molecule has 3 aromatic carbocycles. The zero-order valence-electron chi connectivity index (χ0n) is 38.5. The molecule has 0 heterocycles. The Morgan fingerprint density at radius 2 is 0.519 bits per heavy atom. The Morgan fingerprint density at radius 3 is 0.574 bits per heavy atom. The number of methoxy groups -OCH3 is 1. The van der Waals surface area contributed by atoms with Gasteiger partial charge in [-0.2, -0.15) is 11.8 Å². The van der Waals surface area contributed by atoms with E-state index in [4.69, 9.17) is 0 Å². The minimum absolute atomic E-state index is 0. The molecule has 0 spiro atoms. The zero-order valence-corrected chi connectivity index (χ0v) is 39.3. The molecule has 0 radical (unpaired) electrons. The normalized spacial score (nSPS) is 9.44. The number of rotatable bonds is 0. The van der Waals surface area contributed by atoms with Crippen molar-refractivity contribution in [2.45, 2.75) is 193 Å². The molecule has 0 atom stereocenters. The molecule has 3 aromatic rings. The van der Waals surface area contributed by atoms with Crippen LogP contribution in [-0.4, -0.2) is 26.7 Å². The smallest absolute Gasteiger partial charge is 0.0351 e. The molecule has 0 bridgehead atoms. The summed E-state index contributed by atoms with van der Waals surface area (Å²) < 4.78 is 4.25. The third kappa shape index (κ3) is 178. The van der Waals surface area contributed by atoms with Crippen LogP contribution < -0.4 is 0 Å². The van der Waals surface area contributed by atoms with Crippen LogP contribution in [0.1, 0.15) is 193 Å². The summed E-state index contributed by atoms with van der Waals surface area (Å²) in [6, 6.07) is 36.0. The van der Waals surface area contributed by atoms with Gasteiger partial charge in [0.25, 0.3) is 0 Å². The van der Waals surface area contributed by atoms with Gasteiger partial charge in [0.05, 0.1) is 0 Å². The lowest BCUT2D eigenvalue weighted by atomic mass is 9.78. The summed E-state index contributed by atoms with van der Waals surface area (Å²) in [5.74, 6) is 0. The van der Waals surface area contributed by atoms with Crippen LogP contribution >= 0.6 is 11.8 Å². The molecule has 0 unspecified atom stereocenters. The highest BCUT2D eigenvalue weighted by Crippen LogP contribution is 2.34. The minimum atomic E-state index is 0. The first-order valence-corrected chi connectivity index (χ1v) is 21.4. The van der Waals surface area contributed by atoms with E-state index in [1.54, 1.807) is 26.0 Å². The van der Waals surface area contributed by atoms with E-state index in [0.29, 0.717) is 10.8 Å². The summed E-state index contributed by atoms with van der Waals surface area (Å²) in [6.45, 7) is 37.8. The standard InChI is InChI=1S/C8H16.3C6H6.C5H12.C3H8.C2H6O.C2H6S.5C2H6.4CH4/c1-8(2)6-4-3-5-7-8;3*1-2-4-6-5-3-1;1-5(2,3)4;3*1-3-2;5*1-2;;;;/h3-7H2,1-2H3;3*1-6H;1-4H3;3H2,1-2H3;2*1-2H3;5*1-2H3;4*1H4. The Morgan fingerprint density at radius 1 is 0.426 bits per heavy atom. The van der Waals surface area contributed by atoms with Crippen molar-refractivity contribution in [3.63, 3.8) is 0 Å². The summed E-state index contributed by atoms with van der Waals surface area (Å²) in [7, 11) is 3.25. The fraction of sp³-hybridized carbons (Fsp3) is 0.654. The van der Waals surface area contributed by atoms with E-state index < -0.39 is 0 Å². The van der Waals surface area contributed by atoms with Crippen molar-refractivity contribution in [3.8, 4) is 0 Å². The van der Waals surface area contributed by atoms with Gasteiger partial charge < -0.3 is 4.74 Å². The second-order valence-electron chi connectivity index (χ2n) is 11.7. The molecule has 1 nitrogen and oxygen atoms in total. The van der Waals surface area contributed by atoms with E-state index in [1.807, 2.05) is 191 Å². The molecule has 4 rings (SSSR count). The maximum atomic E-state index is 4.25. The molecule has 1 aliphatic carbocycles. The minimum Gasteiger partial charge on any atom is -0.388 e. The van der Waals surface area contributed by atoms with Crippen molar-refractivity contribution in [1.29, 1.82) is 0 Å². The molecule has 2 heteroatoms. The summed E-state index contributed by atoms with van der Waals surface area (Å²) in [5.41, 5.74) is 1.18. The van der Waals surface area contributed by atoms with Gasteiger partial charge in [0, 0.05) is 14.2 Å². The monoisotopic (exact) mass is 785 g/mol. The summed E-state index contributed by atoms with van der Waals surface area (Å²) in [5, 5.41) is 0. The predicted octanol–water partition coefficient (Wildman–Crippen LogP) is 20.4. The summed E-state index contributed by atoms with van der Waals surface area (Å²) in [6.07, 6.45) is 12.6. The number of benzene rings is 3. The first kappa shape index (κ1) is 88.9. The average Bonchev–Trinajstić information content (AvgIpc) is 3.16. The second-order valence-corrected chi connectivity index (χ2v) is 12.5. The molecule has 0 aliphatic heterocycles. The van der Waals surface area contributed by atoms with Crippen molar-refractivity contribution < 1.29 is 4.74 Å². The van der Waals surface area contributed by atoms with E-state index >= 15 is 0 Å². The molecule has 1 aliphatic rings. The molecule has 0 N–H and O–H groups in total. The van der Waals surface area contributed by atoms with Crippen LogP contribution in [-0.2, 0) is 4.74 Å². The van der Waals surface area contributed by atoms with E-state index in [2.05, 4.69) is 60.1 Å². The largest absolute Gasteiger partial charge is 0.388 e. The lowest BCUT2D eigenvalue weighted by molar-refractivity contribution is 0.244. The Bertz CT molecular complexity index is 564. The molecule has 0 amide bonds. The molecular weight excluding hydrogens is 673 g/mol. The SMILES string of the molecule is C.C.C.C.CC.CC.CC.CC.CC.CC(C)(C)C.CC1(C)CCCCC1.CCC.COC.CSC.c1ccccc1.c1ccccc1.c1ccccc1. The van der Waals surface area contributed by atoms with Gasteiger partial charge in [-0.3, -0.25) is 0 Å². The Kier molecular flexibility index (Phi) is 162. The lowest BCUT2D eigenvalue weighted by Gasteiger charge is -2.28. The molecule has 0 saturated heterocycles. The van der Waals surface area contributed by atoms with Crippen molar-refractivity contribution in [1.82, 2.24) is 0 Å². The van der Waals surface area contributed by atoms with Gasteiger partial charge in [0.15, 0.2) is 0 Å². The quantitative estimate of drug-likeness (QED) is 0.225. The van der Waals surface area contributed by atoms with Crippen LogP contribution in [0.15, 0.2) is 109 Å². The number of ether oxygens (including phenoxy) is 1. The summed E-state index contributed by atoms with van der Waals surface area (Å²) >= 11 is 1.75. The van der Waals surface area contributed by atoms with Gasteiger partial charge in [-0.15, -0.1) is 0 Å². The highest BCUT2D eigenvalue weighted by atomic mass is 32.2. The molecule has 332 valence electrons. The topological polar surface area (TPSA) is 9.23 Å². The Hall–Kier alpha value is -2.03. The predicted molar refractivity (Wildman–Crippen MR) is 273 cm³/mol. The fourth-order valence-corrected chi connectivity index (χ4v) is 2.66. The number of hydrogen-bond donors (Lipinski definition) is 0. The summed E-state index contributed by atoms with van der Waals surface area (Å²) in [4.78, 5) is 0. The van der Waals surface area contributed by atoms with Gasteiger partial charge >= 0.3 is 0 Å². The average molecular weight is 786 g/mol. The third-order valence-corrected chi connectivity index (χ3v) is 4.21. The first-order valence-electron chi connectivity index (χ1n) is 19.8. The van der Waals surface area contributed by atoms with Gasteiger partial charge in [-0.05, 0) is 36.2 Å². The van der Waals surface area contributed by atoms with Crippen LogP contribution in [0.3, 0.4) is 0 Å². The van der Waals surface area contributed by atoms with Crippen LogP contribution in [0.5, 0.6) is 0 Å². The van der Waals surface area contributed by atoms with E-state index in [0.717, 1.165) is 0 Å². The van der Waals surface area contributed by atoms with Gasteiger partial charge in [-0.25, -0.2) is 0 Å². The molecule has 1 fully saturated rings. The Labute approximate surface area is 354 Å². The van der Waals surface area contributed by atoms with Crippen molar-refractivity contribution in [3.05, 3.63) is 109 Å². The lowest BCUT2D eigenvalue weighted by Crippen LogP contribution is -2.14. The fourth-order valence-electron chi connectivity index (χ4n) is 2.66. The van der Waals surface area contributed by atoms with Crippen LogP contribution in [0.4, 0.5) is 0 Å². The van der Waals surface area contributed by atoms with Crippen LogP contribution in [0, 0.1) is 10.8 Å². The van der Waals surface area contributed by atoms with Crippen LogP contribution in [0.25, 0.3) is 0 Å². The van der Waals surface area contributed by atoms with Gasteiger partial charge in [0.2, 0.25) is 0 Å². The third-order valence-electron chi connectivity index (χ3n) is 4.21. The highest BCUT2D eigenvalue weighted by Gasteiger charge is 2.19. The van der Waals surface area contributed by atoms with Crippen molar-refractivity contribution in [2.75, 3.05) is 26.7 Å². The highest BCUT2D eigenvalue weighted by molar-refractivity contribution is 7.97. The second kappa shape index (κ2) is 98.4. The van der Waals surface area contributed by atoms with Gasteiger partial charge in [0.1, 0.15) is 0 Å². The van der Waals surface area contributed by atoms with Crippen molar-refractivity contribution >= 4 is 11.8 Å². The molecule has 0 aromatic heterocycles. The molecular formula is C52H112OS. The van der Waals surface area contributed by atoms with E-state index in [9.17, 15) is 0 Å². The maximum Gasteiger partial charge on any atom is 0.0351 e. The number of hydrogen-bond acceptors (Lipinski definition) is 2. The Balaban J connectivity index is -0.0000000315. The molecule has 54 heavy (non-hydrogen) atoms. The molecule has 1 saturated carbocycles. The zero-order chi connectivity index (χ0) is 41.4. The van der Waals surface area contributed by atoms with Crippen molar-refractivity contribution in [2.24, 2.45) is 10.8 Å². The van der Waals surface area contributed by atoms with E-state index in [-0.39, 0.29) is 29.7 Å². The maximum absolute atomic E-state index is 4.25. The number of thioether (sulfide) groups is 1. The van der Waals surface area contributed by atoms with Crippen LogP contribution in [0.2, 0.25) is 0 Å². The van der Waals surface area contributed by atoms with Gasteiger partial charge in [-0.1, -0.05) is 289 Å². The van der Waals surface area contributed by atoms with E-state index in [1.165, 1.54) is 38.5 Å².